The quantitative estimate of drug-likeness (QED) is 0.0222. The first kappa shape index (κ1) is 100. The molecule has 0 aromatic rings. The summed E-state index contributed by atoms with van der Waals surface area (Å²) in [5, 5.41) is 10.7. The summed E-state index contributed by atoms with van der Waals surface area (Å²) in [6.45, 7) is 12.0. The Morgan fingerprint density at radius 1 is 0.265 bits per heavy atom. The minimum absolute atomic E-state index is 0.107. The molecule has 19 heteroatoms. The van der Waals surface area contributed by atoms with E-state index in [1.165, 1.54) is 244 Å². The fraction of sp³-hybridized carbons (Fsp3) is 0.952. The monoisotopic (exact) mass is 1490 g/mol. The van der Waals surface area contributed by atoms with Crippen LogP contribution in [0.15, 0.2) is 0 Å². The van der Waals surface area contributed by atoms with Crippen LogP contribution in [0.1, 0.15) is 434 Å². The first-order chi connectivity index (χ1) is 49.2. The normalized spacial score (nSPS) is 13.9. The number of phosphoric ester groups is 2. The van der Waals surface area contributed by atoms with Crippen LogP contribution in [0.2, 0.25) is 0 Å². The third-order valence-electron chi connectivity index (χ3n) is 19.4. The smallest absolute Gasteiger partial charge is 0.462 e. The summed E-state index contributed by atoms with van der Waals surface area (Å²) in [7, 11) is -9.92. The van der Waals surface area contributed by atoms with Crippen molar-refractivity contribution in [2.75, 3.05) is 39.6 Å². The molecule has 17 nitrogen and oxygen atoms in total. The van der Waals surface area contributed by atoms with E-state index < -0.39 is 97.5 Å². The van der Waals surface area contributed by atoms with Gasteiger partial charge in [0, 0.05) is 25.7 Å². The predicted molar refractivity (Wildman–Crippen MR) is 418 cm³/mol. The number of esters is 4. The highest BCUT2D eigenvalue weighted by Gasteiger charge is 2.30. The Morgan fingerprint density at radius 2 is 0.451 bits per heavy atom. The number of hydrogen-bond acceptors (Lipinski definition) is 15. The van der Waals surface area contributed by atoms with E-state index in [-0.39, 0.29) is 25.7 Å². The van der Waals surface area contributed by atoms with Crippen LogP contribution in [0.25, 0.3) is 0 Å². The summed E-state index contributed by atoms with van der Waals surface area (Å²) >= 11 is 0. The molecule has 3 N–H and O–H groups in total. The van der Waals surface area contributed by atoms with Crippen LogP contribution in [-0.4, -0.2) is 96.7 Å². The van der Waals surface area contributed by atoms with Crippen LogP contribution in [0, 0.1) is 17.8 Å². The predicted octanol–water partition coefficient (Wildman–Crippen LogP) is 24.9. The molecule has 0 radical (unpaired) electrons. The van der Waals surface area contributed by atoms with Crippen molar-refractivity contribution in [3.8, 4) is 0 Å². The molecule has 0 aromatic carbocycles. The largest absolute Gasteiger partial charge is 0.472 e. The Labute approximate surface area is 626 Å². The Bertz CT molecular complexity index is 1970. The molecule has 0 aliphatic carbocycles. The molecule has 0 rings (SSSR count). The van der Waals surface area contributed by atoms with Crippen molar-refractivity contribution in [1.82, 2.24) is 0 Å². The van der Waals surface area contributed by atoms with Crippen LogP contribution in [0.3, 0.4) is 0 Å². The lowest BCUT2D eigenvalue weighted by Crippen LogP contribution is -2.30. The van der Waals surface area contributed by atoms with Crippen LogP contribution in [0.5, 0.6) is 0 Å². The highest BCUT2D eigenvalue weighted by molar-refractivity contribution is 7.47. The molecule has 0 bridgehead atoms. The van der Waals surface area contributed by atoms with Crippen molar-refractivity contribution in [3.63, 3.8) is 0 Å². The number of ether oxygens (including phenoxy) is 4. The number of aliphatic hydroxyl groups excluding tert-OH is 1. The van der Waals surface area contributed by atoms with Gasteiger partial charge in [0.25, 0.3) is 0 Å². The van der Waals surface area contributed by atoms with Crippen LogP contribution in [-0.2, 0) is 65.4 Å². The standard InChI is InChI=1S/C83H162O17P2/c1-8-9-10-11-12-13-26-36-43-50-57-64-80(85)93-70-78(100-83(88)67-60-53-46-39-32-25-29-35-42-49-56-63-76(6)7)72-97-101(89,90)95-68-77(84)69-96-102(91,92)98-73-79(71-94-81(86)65-58-51-44-37-30-24-20-22-28-34-41-48-55-62-75(4)5)99-82(87)66-59-52-45-38-31-23-19-17-15-14-16-18-21-27-33-40-47-54-61-74(2)3/h74-79,84H,8-73H2,1-7H3,(H,89,90)(H,91,92)/t77-,78+,79+/m0/s1. The van der Waals surface area contributed by atoms with Gasteiger partial charge >= 0.3 is 39.5 Å². The molecule has 0 aliphatic heterocycles. The fourth-order valence-corrected chi connectivity index (χ4v) is 14.4. The van der Waals surface area contributed by atoms with Crippen molar-refractivity contribution in [2.45, 2.75) is 452 Å². The van der Waals surface area contributed by atoms with E-state index >= 15 is 0 Å². The lowest BCUT2D eigenvalue weighted by molar-refractivity contribution is -0.161. The van der Waals surface area contributed by atoms with Gasteiger partial charge in [0.05, 0.1) is 26.4 Å². The maximum Gasteiger partial charge on any atom is 0.472 e. The van der Waals surface area contributed by atoms with Gasteiger partial charge in [-0.25, -0.2) is 9.13 Å². The highest BCUT2D eigenvalue weighted by atomic mass is 31.2. The number of carbonyl (C=O) groups excluding carboxylic acids is 4. The van der Waals surface area contributed by atoms with Gasteiger partial charge in [0.2, 0.25) is 0 Å². The summed E-state index contributed by atoms with van der Waals surface area (Å²) in [5.74, 6) is 0.269. The van der Waals surface area contributed by atoms with E-state index in [0.717, 1.165) is 108 Å². The average Bonchev–Trinajstić information content (AvgIpc) is 0.927. The molecular formula is C83H162O17P2. The fourth-order valence-electron chi connectivity index (χ4n) is 12.8. The van der Waals surface area contributed by atoms with Gasteiger partial charge in [0.15, 0.2) is 12.2 Å². The zero-order valence-electron chi connectivity index (χ0n) is 67.1. The molecule has 606 valence electrons. The number of carbonyl (C=O) groups is 4. The highest BCUT2D eigenvalue weighted by Crippen LogP contribution is 2.45. The topological polar surface area (TPSA) is 237 Å². The first-order valence-corrected chi connectivity index (χ1v) is 45.8. The minimum atomic E-state index is -4.96. The zero-order chi connectivity index (χ0) is 75.1. The molecule has 5 atom stereocenters. The maximum atomic E-state index is 13.1. The van der Waals surface area contributed by atoms with Crippen molar-refractivity contribution in [3.05, 3.63) is 0 Å². The SMILES string of the molecule is CCCCCCCCCCCCCC(=O)OC[C@H](COP(=O)(O)OC[C@H](O)COP(=O)(O)OC[C@@H](COC(=O)CCCCCCCCCCCCCCCC(C)C)OC(=O)CCCCCCCCCCCCCCCCCCCCC(C)C)OC(=O)CCCCCCCCCCCCCC(C)C. The van der Waals surface area contributed by atoms with E-state index in [1.807, 2.05) is 0 Å². The van der Waals surface area contributed by atoms with Gasteiger partial charge < -0.3 is 33.8 Å². The van der Waals surface area contributed by atoms with E-state index in [9.17, 15) is 43.2 Å². The lowest BCUT2D eigenvalue weighted by Gasteiger charge is -2.21. The molecule has 0 aliphatic rings. The van der Waals surface area contributed by atoms with Gasteiger partial charge in [-0.2, -0.15) is 0 Å². The van der Waals surface area contributed by atoms with Gasteiger partial charge in [-0.15, -0.1) is 0 Å². The molecule has 0 saturated carbocycles. The summed E-state index contributed by atoms with van der Waals surface area (Å²) in [6.07, 6.45) is 62.4. The van der Waals surface area contributed by atoms with E-state index in [4.69, 9.17) is 37.0 Å². The van der Waals surface area contributed by atoms with Crippen molar-refractivity contribution in [2.24, 2.45) is 17.8 Å². The maximum absolute atomic E-state index is 13.1. The summed E-state index contributed by atoms with van der Waals surface area (Å²) in [5.41, 5.74) is 0. The number of hydrogen-bond donors (Lipinski definition) is 3. The van der Waals surface area contributed by atoms with Crippen molar-refractivity contribution >= 4 is 39.5 Å². The Morgan fingerprint density at radius 3 is 0.667 bits per heavy atom. The minimum Gasteiger partial charge on any atom is -0.462 e. The molecular weight excluding hydrogens is 1330 g/mol. The van der Waals surface area contributed by atoms with E-state index in [1.54, 1.807) is 0 Å². The average molecular weight is 1490 g/mol. The lowest BCUT2D eigenvalue weighted by atomic mass is 10.0. The number of rotatable bonds is 81. The third kappa shape index (κ3) is 76.3. The van der Waals surface area contributed by atoms with E-state index in [0.29, 0.717) is 25.7 Å². The molecule has 0 fully saturated rings. The molecule has 0 amide bonds. The van der Waals surface area contributed by atoms with Crippen LogP contribution < -0.4 is 0 Å². The van der Waals surface area contributed by atoms with Gasteiger partial charge in [-0.1, -0.05) is 382 Å². The second-order valence-electron chi connectivity index (χ2n) is 31.3. The number of unbranched alkanes of at least 4 members (excludes halogenated alkanes) is 49. The first-order valence-electron chi connectivity index (χ1n) is 42.8. The van der Waals surface area contributed by atoms with Crippen LogP contribution >= 0.6 is 15.6 Å². The molecule has 0 aromatic heterocycles. The molecule has 0 heterocycles. The van der Waals surface area contributed by atoms with Crippen molar-refractivity contribution in [1.29, 1.82) is 0 Å². The van der Waals surface area contributed by atoms with Gasteiger partial charge in [-0.05, 0) is 43.4 Å². The summed E-state index contributed by atoms with van der Waals surface area (Å²) in [4.78, 5) is 73.1. The van der Waals surface area contributed by atoms with Crippen molar-refractivity contribution < 1.29 is 80.2 Å². The third-order valence-corrected chi connectivity index (χ3v) is 21.3. The van der Waals surface area contributed by atoms with Gasteiger partial charge in [0.1, 0.15) is 19.3 Å². The summed E-state index contributed by atoms with van der Waals surface area (Å²) < 4.78 is 68.8. The number of aliphatic hydroxyl groups is 1. The van der Waals surface area contributed by atoms with Gasteiger partial charge in [-0.3, -0.25) is 37.3 Å². The second-order valence-corrected chi connectivity index (χ2v) is 34.2. The Hall–Kier alpha value is -1.94. The summed E-state index contributed by atoms with van der Waals surface area (Å²) in [6, 6.07) is 0. The molecule has 102 heavy (non-hydrogen) atoms. The molecule has 0 saturated heterocycles. The second kappa shape index (κ2) is 73.2. The Balaban J connectivity index is 5.24. The molecule has 2 unspecified atom stereocenters. The van der Waals surface area contributed by atoms with E-state index in [2.05, 4.69) is 48.5 Å². The Kier molecular flexibility index (Phi) is 71.8. The van der Waals surface area contributed by atoms with Crippen LogP contribution in [0.4, 0.5) is 0 Å². The molecule has 0 spiro atoms. The number of phosphoric acid groups is 2. The zero-order valence-corrected chi connectivity index (χ0v) is 68.9.